The van der Waals surface area contributed by atoms with Gasteiger partial charge in [-0.3, -0.25) is 4.79 Å². The molecule has 4 fully saturated rings. The lowest BCUT2D eigenvalue weighted by atomic mass is 9.48. The summed E-state index contributed by atoms with van der Waals surface area (Å²) in [5.41, 5.74) is -0.299. The Balaban J connectivity index is 1.35. The van der Waals surface area contributed by atoms with Crippen molar-refractivity contribution in [2.75, 3.05) is 0 Å². The summed E-state index contributed by atoms with van der Waals surface area (Å²) >= 11 is 3.34. The summed E-state index contributed by atoms with van der Waals surface area (Å²) in [5.74, 6) is 1.73. The summed E-state index contributed by atoms with van der Waals surface area (Å²) in [6.07, 6.45) is 2.58. The lowest BCUT2D eigenvalue weighted by Crippen LogP contribution is -2.55. The molecule has 0 aliphatic heterocycles. The van der Waals surface area contributed by atoms with E-state index in [0.29, 0.717) is 5.56 Å². The highest BCUT2D eigenvalue weighted by Gasteiger charge is 2.53. The van der Waals surface area contributed by atoms with Gasteiger partial charge in [0.05, 0.1) is 10.2 Å². The number of amides is 1. The molecule has 4 saturated carbocycles. The highest BCUT2D eigenvalue weighted by molar-refractivity contribution is 9.10. The van der Waals surface area contributed by atoms with Crippen molar-refractivity contribution in [3.63, 3.8) is 0 Å². The van der Waals surface area contributed by atoms with Crippen LogP contribution in [-0.4, -0.2) is 26.5 Å². The van der Waals surface area contributed by atoms with Crippen LogP contribution in [-0.2, 0) is 6.18 Å². The summed E-state index contributed by atoms with van der Waals surface area (Å²) < 4.78 is 42.8. The van der Waals surface area contributed by atoms with Gasteiger partial charge in [0.15, 0.2) is 17.0 Å². The van der Waals surface area contributed by atoms with Crippen LogP contribution < -0.4 is 5.32 Å². The summed E-state index contributed by atoms with van der Waals surface area (Å²) in [7, 11) is 0. The van der Waals surface area contributed by atoms with Crippen LogP contribution in [0.25, 0.3) is 16.9 Å². The van der Waals surface area contributed by atoms with Crippen molar-refractivity contribution >= 4 is 27.5 Å². The number of rotatable bonds is 4. The molecule has 0 saturated heterocycles. The number of alkyl halides is 3. The molecule has 3 aromatic rings. The van der Waals surface area contributed by atoms with E-state index in [-0.39, 0.29) is 33.0 Å². The molecule has 1 amide bonds. The predicted molar refractivity (Wildman–Crippen MR) is 129 cm³/mol. The van der Waals surface area contributed by atoms with Crippen LogP contribution in [0.15, 0.2) is 40.9 Å². The molecule has 4 aliphatic rings. The van der Waals surface area contributed by atoms with E-state index in [1.807, 2.05) is 6.92 Å². The van der Waals surface area contributed by atoms with Crippen molar-refractivity contribution in [3.05, 3.63) is 52.3 Å². The lowest BCUT2D eigenvalue weighted by Gasteiger charge is -2.59. The molecule has 2 heterocycles. The Morgan fingerprint density at radius 2 is 1.71 bits per heavy atom. The summed E-state index contributed by atoms with van der Waals surface area (Å²) in [4.78, 5) is 17.8. The van der Waals surface area contributed by atoms with E-state index < -0.39 is 17.8 Å². The molecule has 1 unspecified atom stereocenters. The van der Waals surface area contributed by atoms with Gasteiger partial charge in [-0.05, 0) is 90.6 Å². The van der Waals surface area contributed by atoms with Crippen LogP contribution in [0.2, 0.25) is 0 Å². The van der Waals surface area contributed by atoms with Gasteiger partial charge in [-0.15, -0.1) is 0 Å². The fourth-order valence-corrected chi connectivity index (χ4v) is 7.74. The van der Waals surface area contributed by atoms with E-state index >= 15 is 0 Å². The fraction of sp³-hybridized carbons (Fsp3) is 0.500. The maximum Gasteiger partial charge on any atom is 0.433 e. The first-order valence-electron chi connectivity index (χ1n) is 12.2. The molecule has 4 bridgehead atoms. The number of nitrogens with one attached hydrogen (secondary N) is 1. The van der Waals surface area contributed by atoms with Crippen molar-refractivity contribution in [1.29, 1.82) is 0 Å². The molecule has 4 aliphatic carbocycles. The SMILES string of the molecule is CC(NC(=O)c1nn2c(C(F)(F)F)cc(-c3ccccc3)nc2c1Br)C12CC3CC(CC(C3)C1)C2. The first kappa shape index (κ1) is 23.0. The minimum absolute atomic E-state index is 0.0358. The van der Waals surface area contributed by atoms with Crippen molar-refractivity contribution in [2.24, 2.45) is 23.2 Å². The Kier molecular flexibility index (Phi) is 5.29. The third-order valence-corrected chi connectivity index (χ3v) is 9.19. The molecule has 184 valence electrons. The van der Waals surface area contributed by atoms with Crippen LogP contribution in [0, 0.1) is 23.2 Å². The second-order valence-electron chi connectivity index (χ2n) is 10.8. The topological polar surface area (TPSA) is 59.3 Å². The van der Waals surface area contributed by atoms with Crippen molar-refractivity contribution < 1.29 is 18.0 Å². The fourth-order valence-electron chi connectivity index (χ4n) is 7.22. The van der Waals surface area contributed by atoms with Gasteiger partial charge in [0.1, 0.15) is 0 Å². The molecule has 1 N–H and O–H groups in total. The number of aromatic nitrogens is 3. The van der Waals surface area contributed by atoms with Gasteiger partial charge in [-0.2, -0.15) is 18.3 Å². The third-order valence-electron chi connectivity index (χ3n) is 8.46. The number of hydrogen-bond acceptors (Lipinski definition) is 3. The van der Waals surface area contributed by atoms with Crippen LogP contribution in [0.4, 0.5) is 13.2 Å². The quantitative estimate of drug-likeness (QED) is 0.405. The normalized spacial score (nSPS) is 28.4. The molecule has 0 radical (unpaired) electrons. The Bertz CT molecular complexity index is 1270. The van der Waals surface area contributed by atoms with E-state index in [0.717, 1.165) is 47.6 Å². The Hall–Kier alpha value is -2.42. The van der Waals surface area contributed by atoms with Gasteiger partial charge in [-0.25, -0.2) is 9.50 Å². The molecule has 35 heavy (non-hydrogen) atoms. The molecular formula is C26H26BrF3N4O. The van der Waals surface area contributed by atoms with Crippen molar-refractivity contribution in [3.8, 4) is 11.3 Å². The monoisotopic (exact) mass is 546 g/mol. The van der Waals surface area contributed by atoms with E-state index in [1.165, 1.54) is 19.3 Å². The van der Waals surface area contributed by atoms with Crippen LogP contribution >= 0.6 is 15.9 Å². The van der Waals surface area contributed by atoms with Crippen LogP contribution in [0.3, 0.4) is 0 Å². The summed E-state index contributed by atoms with van der Waals surface area (Å²) in [6.45, 7) is 2.04. The second kappa shape index (κ2) is 8.05. The van der Waals surface area contributed by atoms with E-state index in [1.54, 1.807) is 30.3 Å². The molecule has 0 spiro atoms. The molecular weight excluding hydrogens is 521 g/mol. The minimum atomic E-state index is -4.67. The maximum absolute atomic E-state index is 14.0. The zero-order valence-corrected chi connectivity index (χ0v) is 20.9. The standard InChI is InChI=1S/C26H26BrF3N4O/c1-14(25-11-15-7-16(12-25)9-17(8-15)13-25)31-24(35)22-21(27)23-32-19(18-5-3-2-4-6-18)10-20(26(28,29)30)34(23)33-22/h2-6,10,14-17H,7-9,11-13H2,1H3,(H,31,35). The van der Waals surface area contributed by atoms with Gasteiger partial charge in [0.2, 0.25) is 0 Å². The van der Waals surface area contributed by atoms with Crippen LogP contribution in [0.5, 0.6) is 0 Å². The van der Waals surface area contributed by atoms with Gasteiger partial charge < -0.3 is 5.32 Å². The Morgan fingerprint density at radius 1 is 1.11 bits per heavy atom. The number of hydrogen-bond donors (Lipinski definition) is 1. The Morgan fingerprint density at radius 3 is 2.29 bits per heavy atom. The number of fused-ring (bicyclic) bond motifs is 1. The van der Waals surface area contributed by atoms with Gasteiger partial charge in [0, 0.05) is 11.6 Å². The smallest absolute Gasteiger partial charge is 0.348 e. The number of nitrogens with zero attached hydrogens (tertiary/aromatic N) is 3. The van der Waals surface area contributed by atoms with Crippen molar-refractivity contribution in [2.45, 2.75) is 57.7 Å². The molecule has 1 atom stereocenters. The lowest BCUT2D eigenvalue weighted by molar-refractivity contribution is -0.142. The predicted octanol–water partition coefficient (Wildman–Crippen LogP) is 6.51. The molecule has 9 heteroatoms. The summed E-state index contributed by atoms with van der Waals surface area (Å²) in [6, 6.07) is 9.56. The third kappa shape index (κ3) is 3.86. The largest absolute Gasteiger partial charge is 0.433 e. The minimum Gasteiger partial charge on any atom is -0.348 e. The van der Waals surface area contributed by atoms with E-state index in [2.05, 4.69) is 31.3 Å². The first-order chi connectivity index (χ1) is 16.6. The number of carbonyl (C=O) groups excluding carboxylic acids is 1. The average molecular weight is 547 g/mol. The van der Waals surface area contributed by atoms with Crippen molar-refractivity contribution in [1.82, 2.24) is 19.9 Å². The molecule has 1 aromatic carbocycles. The zero-order chi connectivity index (χ0) is 24.5. The van der Waals surface area contributed by atoms with E-state index in [4.69, 9.17) is 0 Å². The molecule has 7 rings (SSSR count). The maximum atomic E-state index is 14.0. The summed E-state index contributed by atoms with van der Waals surface area (Å²) in [5, 5.41) is 7.19. The highest BCUT2D eigenvalue weighted by atomic mass is 79.9. The average Bonchev–Trinajstić information content (AvgIpc) is 3.14. The number of halogens is 4. The van der Waals surface area contributed by atoms with Gasteiger partial charge in [0.25, 0.3) is 5.91 Å². The van der Waals surface area contributed by atoms with Gasteiger partial charge >= 0.3 is 6.18 Å². The first-order valence-corrected chi connectivity index (χ1v) is 12.9. The number of carbonyl (C=O) groups is 1. The van der Waals surface area contributed by atoms with Crippen LogP contribution in [0.1, 0.15) is 61.6 Å². The number of benzene rings is 1. The Labute approximate surface area is 209 Å². The molecule has 2 aromatic heterocycles. The zero-order valence-electron chi connectivity index (χ0n) is 19.3. The highest BCUT2D eigenvalue weighted by Crippen LogP contribution is 2.61. The van der Waals surface area contributed by atoms with E-state index in [9.17, 15) is 18.0 Å². The second-order valence-corrected chi connectivity index (χ2v) is 11.6. The molecule has 5 nitrogen and oxygen atoms in total. The van der Waals surface area contributed by atoms with Gasteiger partial charge in [-0.1, -0.05) is 30.3 Å².